The highest BCUT2D eigenvalue weighted by atomic mass is 35.5. The van der Waals surface area contributed by atoms with E-state index in [0.29, 0.717) is 43.5 Å². The zero-order valence-corrected chi connectivity index (χ0v) is 24.0. The van der Waals surface area contributed by atoms with Gasteiger partial charge in [-0.2, -0.15) is 0 Å². The summed E-state index contributed by atoms with van der Waals surface area (Å²) in [5.74, 6) is 0.0215. The maximum Gasteiger partial charge on any atom is 0.122 e. The number of hydrogen-bond donors (Lipinski definition) is 3. The fraction of sp³-hybridized carbons (Fsp3) is 0.357. The molecule has 3 rings (SSSR count). The van der Waals surface area contributed by atoms with Gasteiger partial charge in [0.1, 0.15) is 17.2 Å². The summed E-state index contributed by atoms with van der Waals surface area (Å²) in [6, 6.07) is 13.6. The van der Waals surface area contributed by atoms with Crippen molar-refractivity contribution in [3.8, 4) is 17.2 Å². The first-order valence-electron chi connectivity index (χ1n) is 11.4. The van der Waals surface area contributed by atoms with E-state index < -0.39 is 10.8 Å². The molecule has 3 nitrogen and oxygen atoms in total. The maximum absolute atomic E-state index is 11.6. The Bertz CT molecular complexity index is 1240. The normalized spacial score (nSPS) is 15.5. The SMILES string of the molecule is CC(c1cc(Cl)ccc1O)C(C)(C)c1cc(Cl)cc(C(C)[C@@](C)(CP)c2cc(Cl)ccc2O)c1O. The van der Waals surface area contributed by atoms with Gasteiger partial charge in [-0.15, -0.1) is 9.24 Å². The minimum atomic E-state index is -0.610. The predicted molar refractivity (Wildman–Crippen MR) is 151 cm³/mol. The number of aromatic hydroxyl groups is 3. The fourth-order valence-corrected chi connectivity index (χ4v) is 5.92. The molecule has 0 saturated carbocycles. The van der Waals surface area contributed by atoms with Gasteiger partial charge in [0.2, 0.25) is 0 Å². The van der Waals surface area contributed by atoms with Gasteiger partial charge in [-0.05, 0) is 77.7 Å². The Hall–Kier alpha value is -1.64. The highest BCUT2D eigenvalue weighted by molar-refractivity contribution is 7.16. The molecule has 0 bridgehead atoms. The van der Waals surface area contributed by atoms with Crippen molar-refractivity contribution in [2.75, 3.05) is 6.16 Å². The molecule has 4 atom stereocenters. The molecule has 188 valence electrons. The summed E-state index contributed by atoms with van der Waals surface area (Å²) in [6.45, 7) is 10.1. The van der Waals surface area contributed by atoms with Crippen molar-refractivity contribution >= 4 is 44.0 Å². The standard InChI is InChI=1S/C28H32Cl3O3P/c1-15(20-10-17(29)6-8-24(20)32)27(3,4)23-13-19(31)11-21(26(23)34)16(2)28(5,14-35)22-12-18(30)7-9-25(22)33/h6-13,15-16,32-34H,14,35H2,1-5H3/t15?,16?,28-/m1/s1. The smallest absolute Gasteiger partial charge is 0.122 e. The van der Waals surface area contributed by atoms with Crippen LogP contribution in [0.15, 0.2) is 48.5 Å². The summed E-state index contributed by atoms with van der Waals surface area (Å²) >= 11 is 19.1. The Morgan fingerprint density at radius 1 is 0.714 bits per heavy atom. The van der Waals surface area contributed by atoms with Crippen molar-refractivity contribution in [2.45, 2.75) is 57.3 Å². The molecule has 3 unspecified atom stereocenters. The highest BCUT2D eigenvalue weighted by Gasteiger charge is 2.39. The number of benzene rings is 3. The third kappa shape index (κ3) is 5.25. The quantitative estimate of drug-likeness (QED) is 0.256. The van der Waals surface area contributed by atoms with Crippen molar-refractivity contribution in [2.24, 2.45) is 0 Å². The number of phenols is 3. The molecule has 0 aromatic heterocycles. The van der Waals surface area contributed by atoms with Gasteiger partial charge in [0.25, 0.3) is 0 Å². The minimum Gasteiger partial charge on any atom is -0.508 e. The Morgan fingerprint density at radius 3 is 1.83 bits per heavy atom. The van der Waals surface area contributed by atoms with Crippen LogP contribution in [-0.4, -0.2) is 21.5 Å². The van der Waals surface area contributed by atoms with Gasteiger partial charge >= 0.3 is 0 Å². The largest absolute Gasteiger partial charge is 0.508 e. The summed E-state index contributed by atoms with van der Waals surface area (Å²) in [5, 5.41) is 34.4. The molecule has 0 aliphatic carbocycles. The molecule has 3 aromatic carbocycles. The average molecular weight is 554 g/mol. The van der Waals surface area contributed by atoms with Crippen LogP contribution in [0.5, 0.6) is 17.2 Å². The van der Waals surface area contributed by atoms with Crippen molar-refractivity contribution in [1.82, 2.24) is 0 Å². The molecule has 0 amide bonds. The van der Waals surface area contributed by atoms with E-state index in [0.717, 1.165) is 0 Å². The van der Waals surface area contributed by atoms with Gasteiger partial charge in [0, 0.05) is 37.0 Å². The van der Waals surface area contributed by atoms with Crippen LogP contribution >= 0.6 is 44.0 Å². The Morgan fingerprint density at radius 2 is 1.23 bits per heavy atom. The van der Waals surface area contributed by atoms with Crippen LogP contribution in [0.2, 0.25) is 15.1 Å². The van der Waals surface area contributed by atoms with Crippen LogP contribution < -0.4 is 0 Å². The number of halogens is 3. The lowest BCUT2D eigenvalue weighted by molar-refractivity contribution is 0.366. The lowest BCUT2D eigenvalue weighted by Crippen LogP contribution is -2.32. The van der Waals surface area contributed by atoms with Crippen LogP contribution in [0, 0.1) is 0 Å². The molecule has 3 N–H and O–H groups in total. The van der Waals surface area contributed by atoms with Crippen LogP contribution in [-0.2, 0) is 10.8 Å². The molecule has 0 saturated heterocycles. The average Bonchev–Trinajstić information content (AvgIpc) is 2.81. The Labute approximate surface area is 225 Å². The van der Waals surface area contributed by atoms with Crippen LogP contribution in [0.4, 0.5) is 0 Å². The summed E-state index contributed by atoms with van der Waals surface area (Å²) in [5.41, 5.74) is 1.55. The molecule has 7 heteroatoms. The van der Waals surface area contributed by atoms with E-state index in [1.165, 1.54) is 0 Å². The maximum atomic E-state index is 11.6. The molecule has 0 spiro atoms. The van der Waals surface area contributed by atoms with Gasteiger partial charge in [-0.25, -0.2) is 0 Å². The lowest BCUT2D eigenvalue weighted by atomic mass is 9.67. The molecular weight excluding hydrogens is 522 g/mol. The van der Waals surface area contributed by atoms with E-state index in [9.17, 15) is 15.3 Å². The molecular formula is C28H32Cl3O3P. The number of rotatable bonds is 7. The topological polar surface area (TPSA) is 60.7 Å². The van der Waals surface area contributed by atoms with Crippen molar-refractivity contribution in [1.29, 1.82) is 0 Å². The van der Waals surface area contributed by atoms with Gasteiger partial charge in [0.15, 0.2) is 0 Å². The summed E-state index contributed by atoms with van der Waals surface area (Å²) in [7, 11) is 2.75. The van der Waals surface area contributed by atoms with Gasteiger partial charge in [-0.1, -0.05) is 69.4 Å². The minimum absolute atomic E-state index is 0.145. The van der Waals surface area contributed by atoms with Crippen LogP contribution in [0.25, 0.3) is 0 Å². The monoisotopic (exact) mass is 552 g/mol. The number of hydrogen-bond acceptors (Lipinski definition) is 3. The second-order valence-electron chi connectivity index (χ2n) is 10.0. The highest BCUT2D eigenvalue weighted by Crippen LogP contribution is 2.51. The van der Waals surface area contributed by atoms with E-state index in [1.807, 2.05) is 34.6 Å². The first kappa shape index (κ1) is 27.9. The molecule has 0 fully saturated rings. The molecule has 35 heavy (non-hydrogen) atoms. The van der Waals surface area contributed by atoms with Crippen molar-refractivity contribution in [3.05, 3.63) is 85.9 Å². The Balaban J connectivity index is 2.16. The summed E-state index contributed by atoms with van der Waals surface area (Å²) in [4.78, 5) is 0. The summed E-state index contributed by atoms with van der Waals surface area (Å²) < 4.78 is 0. The van der Waals surface area contributed by atoms with Gasteiger partial charge in [0.05, 0.1) is 0 Å². The van der Waals surface area contributed by atoms with E-state index in [4.69, 9.17) is 34.8 Å². The lowest BCUT2D eigenvalue weighted by Gasteiger charge is -2.39. The first-order valence-corrected chi connectivity index (χ1v) is 13.4. The number of phenolic OH excluding ortho intramolecular Hbond substituents is 3. The zero-order valence-electron chi connectivity index (χ0n) is 20.5. The molecule has 0 aliphatic rings. The van der Waals surface area contributed by atoms with E-state index in [2.05, 4.69) is 9.24 Å². The van der Waals surface area contributed by atoms with E-state index >= 15 is 0 Å². The predicted octanol–water partition coefficient (Wildman–Crippen LogP) is 8.78. The molecule has 0 heterocycles. The molecule has 0 radical (unpaired) electrons. The second-order valence-corrected chi connectivity index (χ2v) is 11.8. The van der Waals surface area contributed by atoms with E-state index in [-0.39, 0.29) is 29.1 Å². The van der Waals surface area contributed by atoms with Crippen molar-refractivity contribution < 1.29 is 15.3 Å². The van der Waals surface area contributed by atoms with Gasteiger partial charge < -0.3 is 15.3 Å². The van der Waals surface area contributed by atoms with Gasteiger partial charge in [-0.3, -0.25) is 0 Å². The Kier molecular flexibility index (Phi) is 8.29. The van der Waals surface area contributed by atoms with Crippen LogP contribution in [0.3, 0.4) is 0 Å². The van der Waals surface area contributed by atoms with Crippen LogP contribution in [0.1, 0.15) is 68.7 Å². The third-order valence-corrected chi connectivity index (χ3v) is 9.29. The molecule has 0 aliphatic heterocycles. The van der Waals surface area contributed by atoms with E-state index in [1.54, 1.807) is 48.5 Å². The fourth-order valence-electron chi connectivity index (χ4n) is 4.76. The molecule has 3 aromatic rings. The second kappa shape index (κ2) is 10.4. The third-order valence-electron chi connectivity index (χ3n) is 7.76. The van der Waals surface area contributed by atoms with Crippen molar-refractivity contribution in [3.63, 3.8) is 0 Å². The first-order chi connectivity index (χ1) is 16.2. The summed E-state index contributed by atoms with van der Waals surface area (Å²) in [6.07, 6.45) is 0.611. The zero-order chi connectivity index (χ0) is 26.3.